The van der Waals surface area contributed by atoms with E-state index in [1.54, 1.807) is 109 Å². The van der Waals surface area contributed by atoms with E-state index < -0.39 is 65.5 Å². The minimum atomic E-state index is -4.53. The average Bonchev–Trinajstić information content (AvgIpc) is 0.784. The number of aliphatic carboxylic acids is 3. The molecule has 570 valence electrons. The maximum atomic E-state index is 13.3. The predicted molar refractivity (Wildman–Crippen MR) is 414 cm³/mol. The normalized spacial score (nSPS) is 11.7. The Kier molecular flexibility index (Phi) is 25.5. The molecule has 0 heterocycles. The Labute approximate surface area is 644 Å². The van der Waals surface area contributed by atoms with Crippen LogP contribution < -0.4 is 33.1 Å². The molecule has 0 aliphatic rings. The third-order valence-electron chi connectivity index (χ3n) is 15.1. The third kappa shape index (κ3) is 21.4. The number of halogens is 5. The topological polar surface area (TPSA) is 348 Å². The summed E-state index contributed by atoms with van der Waals surface area (Å²) in [6.45, 7) is 5.88. The number of fused-ring (bicyclic) bond motifs is 3. The summed E-state index contributed by atoms with van der Waals surface area (Å²) < 4.78 is 161. The van der Waals surface area contributed by atoms with Crippen LogP contribution in [0.3, 0.4) is 0 Å². The van der Waals surface area contributed by atoms with E-state index in [0.29, 0.717) is 55.3 Å². The number of hydrogen-bond acceptors (Lipinski definition) is 19. The molecule has 110 heavy (non-hydrogen) atoms. The molecule has 0 aromatic heterocycles. The first-order valence-electron chi connectivity index (χ1n) is 32.1. The molecule has 0 aliphatic carbocycles. The predicted octanol–water partition coefficient (Wildman–Crippen LogP) is 18.9. The van der Waals surface area contributed by atoms with Crippen molar-refractivity contribution < 1.29 is 107 Å². The maximum absolute atomic E-state index is 13.3. The highest BCUT2D eigenvalue weighted by Crippen LogP contribution is 2.45. The van der Waals surface area contributed by atoms with E-state index in [0.717, 1.165) is 53.5 Å². The number of rotatable bonds is 25. The minimum absolute atomic E-state index is 0.00988. The zero-order valence-electron chi connectivity index (χ0n) is 57.4. The zero-order valence-corrected chi connectivity index (χ0v) is 63.0. The van der Waals surface area contributed by atoms with Gasteiger partial charge in [0.15, 0.2) is 0 Å². The van der Waals surface area contributed by atoms with Gasteiger partial charge in [-0.2, -0.15) is 13.2 Å². The number of alkyl halides is 3. The van der Waals surface area contributed by atoms with E-state index in [1.807, 2.05) is 20.8 Å². The van der Waals surface area contributed by atoms with E-state index in [2.05, 4.69) is 14.2 Å². The van der Waals surface area contributed by atoms with Crippen molar-refractivity contribution in [2.45, 2.75) is 61.9 Å². The van der Waals surface area contributed by atoms with Gasteiger partial charge in [0, 0.05) is 38.4 Å². The zero-order chi connectivity index (χ0) is 79.5. The molecule has 0 spiro atoms. The number of benzene rings is 12. The number of sulfonamides is 3. The quantitative estimate of drug-likeness (QED) is 0.0146. The van der Waals surface area contributed by atoms with Crippen molar-refractivity contribution in [3.63, 3.8) is 0 Å². The van der Waals surface area contributed by atoms with Gasteiger partial charge in [0.05, 0.1) is 74.3 Å². The number of phenolic OH excluding ortho intramolecular Hbond substituents is 3. The molecule has 0 fully saturated rings. The van der Waals surface area contributed by atoms with Crippen molar-refractivity contribution in [1.29, 1.82) is 0 Å². The molecule has 33 heteroatoms. The van der Waals surface area contributed by atoms with Crippen molar-refractivity contribution in [2.24, 2.45) is 0 Å². The highest BCUT2D eigenvalue weighted by atomic mass is 35.5. The van der Waals surface area contributed by atoms with Gasteiger partial charge in [-0.1, -0.05) is 90.5 Å². The van der Waals surface area contributed by atoms with Crippen LogP contribution in [0.15, 0.2) is 260 Å². The monoisotopic (exact) mass is 1640 g/mol. The number of carbonyl (C=O) groups is 3. The van der Waals surface area contributed by atoms with Gasteiger partial charge in [-0.15, -0.1) is 35.3 Å². The summed E-state index contributed by atoms with van der Waals surface area (Å²) in [7, 11) is -12.2. The number of ether oxygens (including phenoxy) is 4. The van der Waals surface area contributed by atoms with Crippen molar-refractivity contribution >= 4 is 144 Å². The summed E-state index contributed by atoms with van der Waals surface area (Å²) in [5.41, 5.74) is -0.652. The molecule has 0 saturated carbocycles. The molecule has 0 saturated heterocycles. The maximum Gasteiger partial charge on any atom is 0.416 e. The van der Waals surface area contributed by atoms with Crippen molar-refractivity contribution in [3.05, 3.63) is 247 Å². The van der Waals surface area contributed by atoms with Gasteiger partial charge in [-0.25, -0.2) is 29.6 Å². The number of carboxylic acid groups (broad SMARTS) is 3. The first kappa shape index (κ1) is 81.3. The van der Waals surface area contributed by atoms with Crippen LogP contribution in [0, 0.1) is 5.82 Å². The number of anilines is 3. The second-order valence-corrected chi connectivity index (χ2v) is 32.8. The smallest absolute Gasteiger partial charge is 0.416 e. The van der Waals surface area contributed by atoms with Crippen LogP contribution in [-0.2, 0) is 50.6 Å². The van der Waals surface area contributed by atoms with Crippen molar-refractivity contribution in [3.8, 4) is 57.5 Å². The number of carboxylic acids is 3. The molecule has 0 atom stereocenters. The molecule has 0 radical (unpaired) electrons. The van der Waals surface area contributed by atoms with E-state index in [-0.39, 0.29) is 109 Å². The lowest BCUT2D eigenvalue weighted by atomic mass is 10.1. The van der Waals surface area contributed by atoms with Gasteiger partial charge < -0.3 is 49.6 Å². The Morgan fingerprint density at radius 2 is 0.682 bits per heavy atom. The molecule has 0 aliphatic heterocycles. The minimum Gasteiger partial charge on any atom is -0.506 e. The summed E-state index contributed by atoms with van der Waals surface area (Å²) in [6.07, 6.45) is -4.53. The average molecular weight is 1640 g/mol. The molecule has 9 N–H and O–H groups in total. The van der Waals surface area contributed by atoms with Gasteiger partial charge in [0.1, 0.15) is 68.9 Å². The van der Waals surface area contributed by atoms with Crippen molar-refractivity contribution in [2.75, 3.05) is 31.4 Å². The molecular weight excluding hydrogens is 1570 g/mol. The van der Waals surface area contributed by atoms with Crippen LogP contribution in [0.1, 0.15) is 26.3 Å². The van der Waals surface area contributed by atoms with E-state index in [4.69, 9.17) is 45.9 Å². The summed E-state index contributed by atoms with van der Waals surface area (Å²) in [6, 6.07) is 55.9. The Morgan fingerprint density at radius 1 is 0.391 bits per heavy atom. The van der Waals surface area contributed by atoms with Gasteiger partial charge >= 0.3 is 24.1 Å². The van der Waals surface area contributed by atoms with Crippen LogP contribution in [0.5, 0.6) is 57.5 Å². The fourth-order valence-corrected chi connectivity index (χ4v) is 15.9. The number of phenols is 3. The van der Waals surface area contributed by atoms with Crippen LogP contribution in [0.2, 0.25) is 5.02 Å². The Balaban J connectivity index is 0.000000176. The van der Waals surface area contributed by atoms with E-state index in [9.17, 15) is 72.5 Å². The number of thioether (sulfide) groups is 3. The van der Waals surface area contributed by atoms with Gasteiger partial charge in [0.2, 0.25) is 0 Å². The highest BCUT2D eigenvalue weighted by molar-refractivity contribution is 8.00. The summed E-state index contributed by atoms with van der Waals surface area (Å²) >= 11 is 8.37. The second kappa shape index (κ2) is 34.5. The fourth-order valence-electron chi connectivity index (χ4n) is 10.3. The van der Waals surface area contributed by atoms with E-state index in [1.165, 1.54) is 103 Å². The largest absolute Gasteiger partial charge is 0.506 e. The Morgan fingerprint density at radius 3 is 0.991 bits per heavy atom. The summed E-state index contributed by atoms with van der Waals surface area (Å²) in [5.74, 6) is -2.75. The SMILES string of the molecule is CC(C)(C)Oc1ccc(Oc2ccc(S(=O)(=O)Nc3cc(SCC(=O)O)c(O)c4ccccc34)cc2)cc1.O=C(O)CSc1cc(NS(=O)(=O)c2ccc(Oc3ccc(F)c(Cl)c3)cc2)c2ccccc2c1O.O=C(O)CSc1cc(NS(=O)(=O)c2ccc(Oc3cccc(C(F)(F)F)c3)cc2)c2ccccc2c1O. The number of hydrogen-bond donors (Lipinski definition) is 9. The van der Waals surface area contributed by atoms with E-state index >= 15 is 0 Å². The standard InChI is InChI=1S/C28H27NO7S2.C25H18F3NO6S2.C24H17ClFNO6S2/c1-28(2,3)36-20-10-8-18(9-11-20)35-19-12-14-21(15-13-19)38(33,34)29-24-16-25(37-17-26(30)31)27(32)23-7-5-4-6-22(23)24;26-25(27,28)15-4-3-5-17(12-15)35-16-8-10-18(11-9-16)37(33,34)29-21-13-22(36-14-23(30)31)24(32)20-7-2-1-6-19(20)21;25-19-11-15(7-10-20(19)26)33-14-5-8-16(9-6-14)35(31,32)27-21-12-22(34-13-23(28)29)24(30)18-4-2-1-3-17(18)21/h4-16,29,32H,17H2,1-3H3,(H,30,31);1-13,29,32H,14H2,(H,30,31);1-12,27,30H,13H2,(H,28,29). The molecular formula is C77H62ClF4N3O19S6. The molecule has 0 amide bonds. The lowest BCUT2D eigenvalue weighted by Crippen LogP contribution is -2.22. The lowest BCUT2D eigenvalue weighted by molar-refractivity contribution is -0.138. The van der Waals surface area contributed by atoms with Gasteiger partial charge in [-0.05, 0) is 166 Å². The highest BCUT2D eigenvalue weighted by Gasteiger charge is 2.31. The number of aromatic hydroxyl groups is 3. The lowest BCUT2D eigenvalue weighted by Gasteiger charge is -2.21. The van der Waals surface area contributed by atoms with Crippen LogP contribution in [-0.4, -0.2) is 96.7 Å². The molecule has 0 unspecified atom stereocenters. The second-order valence-electron chi connectivity index (χ2n) is 24.3. The van der Waals surface area contributed by atoms with Gasteiger partial charge in [-0.3, -0.25) is 28.5 Å². The Bertz CT molecular complexity index is 5790. The summed E-state index contributed by atoms with van der Waals surface area (Å²) in [4.78, 5) is 33.4. The molecule has 22 nitrogen and oxygen atoms in total. The van der Waals surface area contributed by atoms with Crippen LogP contribution in [0.25, 0.3) is 32.3 Å². The van der Waals surface area contributed by atoms with Gasteiger partial charge in [0.25, 0.3) is 30.1 Å². The molecule has 12 aromatic carbocycles. The third-order valence-corrected chi connectivity index (χ3v) is 22.6. The van der Waals surface area contributed by atoms with Crippen molar-refractivity contribution in [1.82, 2.24) is 0 Å². The molecule has 12 rings (SSSR count). The fraction of sp³-hybridized carbons (Fsp3) is 0.104. The molecule has 12 aromatic rings. The first-order valence-corrected chi connectivity index (χ1v) is 39.9. The summed E-state index contributed by atoms with van der Waals surface area (Å²) in [5, 5.41) is 61.0. The first-order chi connectivity index (χ1) is 52.0. The molecule has 0 bridgehead atoms. The Hall–Kier alpha value is -11.3. The van der Waals surface area contributed by atoms with Crippen LogP contribution >= 0.6 is 46.9 Å². The van der Waals surface area contributed by atoms with Crippen LogP contribution in [0.4, 0.5) is 34.6 Å². The number of nitrogens with one attached hydrogen (secondary N) is 3.